The molecule has 1 aliphatic carbocycles. The number of rotatable bonds is 5. The van der Waals surface area contributed by atoms with Crippen LogP contribution in [-0.2, 0) is 9.53 Å². The minimum atomic E-state index is -1.08. The molecule has 0 bridgehead atoms. The van der Waals surface area contributed by atoms with Gasteiger partial charge in [0, 0.05) is 36.4 Å². The summed E-state index contributed by atoms with van der Waals surface area (Å²) < 4.78 is 18.6. The molecule has 3 atom stereocenters. The maximum atomic E-state index is 13.2. The highest BCUT2D eigenvalue weighted by atomic mass is 19.1. The molecule has 1 saturated carbocycles. The maximum Gasteiger partial charge on any atom is 0.407 e. The topological polar surface area (TPSA) is 135 Å². The second-order valence-electron chi connectivity index (χ2n) is 11.0. The molecule has 3 aromatic heterocycles. The van der Waals surface area contributed by atoms with E-state index in [-0.39, 0.29) is 18.4 Å². The van der Waals surface area contributed by atoms with E-state index in [1.54, 1.807) is 18.5 Å². The number of hydrogen-bond acceptors (Lipinski definition) is 8. The molecule has 4 N–H and O–H groups in total. The van der Waals surface area contributed by atoms with Crippen LogP contribution in [0.2, 0.25) is 0 Å². The molecular weight excluding hydrogens is 489 g/mol. The van der Waals surface area contributed by atoms with Crippen molar-refractivity contribution in [1.82, 2.24) is 20.3 Å². The lowest BCUT2D eigenvalue weighted by molar-refractivity contribution is -0.117. The molecule has 200 valence electrons. The lowest BCUT2D eigenvalue weighted by Gasteiger charge is -2.22. The molecule has 0 aromatic carbocycles. The summed E-state index contributed by atoms with van der Waals surface area (Å²) in [6.45, 7) is 8.90. The number of fused-ring (bicyclic) bond motifs is 1. The fourth-order valence-electron chi connectivity index (χ4n) is 4.58. The molecule has 38 heavy (non-hydrogen) atoms. The number of nitrogens with one attached hydrogen (secondary N) is 2. The van der Waals surface area contributed by atoms with Gasteiger partial charge in [-0.05, 0) is 69.7 Å². The zero-order valence-electron chi connectivity index (χ0n) is 21.9. The number of carbonyl (C=O) groups is 2. The van der Waals surface area contributed by atoms with Crippen LogP contribution in [0.5, 0.6) is 0 Å². The lowest BCUT2D eigenvalue weighted by atomic mass is 10.1. The maximum absolute atomic E-state index is 13.2. The van der Waals surface area contributed by atoms with Gasteiger partial charge in [0.1, 0.15) is 29.2 Å². The van der Waals surface area contributed by atoms with Gasteiger partial charge in [0.15, 0.2) is 0 Å². The Morgan fingerprint density at radius 2 is 1.95 bits per heavy atom. The van der Waals surface area contributed by atoms with Crippen LogP contribution < -0.4 is 21.3 Å². The van der Waals surface area contributed by atoms with E-state index >= 15 is 0 Å². The molecule has 3 aromatic rings. The van der Waals surface area contributed by atoms with Crippen LogP contribution in [0.1, 0.15) is 39.2 Å². The Hall–Kier alpha value is -4.02. The number of nitrogen functional groups attached to an aromatic ring is 1. The zero-order valence-corrected chi connectivity index (χ0v) is 21.9. The van der Waals surface area contributed by atoms with Crippen molar-refractivity contribution in [3.63, 3.8) is 0 Å². The molecule has 1 aliphatic heterocycles. The first-order valence-corrected chi connectivity index (χ1v) is 12.7. The van der Waals surface area contributed by atoms with Crippen LogP contribution in [0.25, 0.3) is 22.0 Å². The molecule has 5 rings (SSSR count). The van der Waals surface area contributed by atoms with Gasteiger partial charge in [-0.15, -0.1) is 0 Å². The van der Waals surface area contributed by atoms with Gasteiger partial charge in [-0.2, -0.15) is 0 Å². The molecule has 10 nitrogen and oxygen atoms in total. The Kier molecular flexibility index (Phi) is 6.54. The van der Waals surface area contributed by atoms with Crippen LogP contribution in [0, 0.1) is 12.8 Å². The highest BCUT2D eigenvalue weighted by Gasteiger charge is 2.43. The number of alkyl halides is 1. The first-order valence-electron chi connectivity index (χ1n) is 12.7. The molecule has 2 aliphatic rings. The number of carbonyl (C=O) groups excluding carboxylic acids is 2. The third-order valence-corrected chi connectivity index (χ3v) is 6.65. The number of nitrogens with two attached hydrogens (primary N) is 1. The number of anilines is 3. The van der Waals surface area contributed by atoms with Crippen LogP contribution in [0.4, 0.5) is 26.6 Å². The Balaban J connectivity index is 1.31. The van der Waals surface area contributed by atoms with E-state index in [9.17, 15) is 14.0 Å². The minimum absolute atomic E-state index is 0.0208. The van der Waals surface area contributed by atoms with Crippen LogP contribution >= 0.6 is 0 Å². The molecular formula is C27H32FN7O3. The summed E-state index contributed by atoms with van der Waals surface area (Å²) in [4.78, 5) is 39.8. The van der Waals surface area contributed by atoms with Gasteiger partial charge < -0.3 is 26.0 Å². The highest BCUT2D eigenvalue weighted by molar-refractivity contribution is 5.98. The fraction of sp³-hybridized carbons (Fsp3) is 0.444. The van der Waals surface area contributed by atoms with Crippen LogP contribution in [-0.4, -0.2) is 57.9 Å². The summed E-state index contributed by atoms with van der Waals surface area (Å²) in [5.41, 5.74) is 8.13. The number of hydrogen-bond donors (Lipinski definition) is 3. The van der Waals surface area contributed by atoms with Crippen LogP contribution in [0.3, 0.4) is 0 Å². The Morgan fingerprint density at radius 1 is 1.18 bits per heavy atom. The average molecular weight is 522 g/mol. The Bertz CT molecular complexity index is 1410. The monoisotopic (exact) mass is 521 g/mol. The van der Waals surface area contributed by atoms with E-state index in [0.717, 1.165) is 35.3 Å². The number of halogens is 1. The van der Waals surface area contributed by atoms with Crippen molar-refractivity contribution in [3.8, 4) is 11.3 Å². The number of nitrogens with zero attached hydrogens (tertiary/aromatic N) is 4. The van der Waals surface area contributed by atoms with Crippen molar-refractivity contribution in [2.75, 3.05) is 29.0 Å². The summed E-state index contributed by atoms with van der Waals surface area (Å²) >= 11 is 0. The summed E-state index contributed by atoms with van der Waals surface area (Å²) in [5, 5.41) is 7.02. The van der Waals surface area contributed by atoms with E-state index in [0.29, 0.717) is 29.3 Å². The normalized spacial score (nSPS) is 20.9. The zero-order chi connectivity index (χ0) is 27.2. The number of ether oxygens (including phenoxy) is 1. The van der Waals surface area contributed by atoms with Gasteiger partial charge in [0.25, 0.3) is 0 Å². The second-order valence-corrected chi connectivity index (χ2v) is 11.0. The van der Waals surface area contributed by atoms with Crippen molar-refractivity contribution in [2.24, 2.45) is 5.92 Å². The number of aryl methyl sites for hydroxylation is 1. The van der Waals surface area contributed by atoms with Gasteiger partial charge in [0.2, 0.25) is 5.91 Å². The van der Waals surface area contributed by atoms with E-state index in [1.807, 2.05) is 39.8 Å². The molecule has 0 radical (unpaired) electrons. The van der Waals surface area contributed by atoms with Crippen molar-refractivity contribution >= 4 is 40.2 Å². The smallest absolute Gasteiger partial charge is 0.407 e. The fourth-order valence-corrected chi connectivity index (χ4v) is 4.58. The molecule has 0 unspecified atom stereocenters. The Morgan fingerprint density at radius 3 is 2.63 bits per heavy atom. The molecule has 11 heteroatoms. The van der Waals surface area contributed by atoms with Gasteiger partial charge in [-0.25, -0.2) is 24.1 Å². The van der Waals surface area contributed by atoms with Gasteiger partial charge >= 0.3 is 6.09 Å². The predicted octanol–water partition coefficient (Wildman–Crippen LogP) is 3.98. The van der Waals surface area contributed by atoms with Gasteiger partial charge in [0.05, 0.1) is 17.7 Å². The lowest BCUT2D eigenvalue weighted by Crippen LogP contribution is -2.40. The summed E-state index contributed by atoms with van der Waals surface area (Å²) in [6, 6.07) is 5.56. The SMILES string of the molecule is Cc1cc(N2CC[C@H](NC(=O)OC(C)(C)C)C2)ncc1-c1cc2cc(NC(=O)[C@H]3C[C@H]3F)ncc2c(N)n1. The first-order chi connectivity index (χ1) is 18.0. The number of amides is 2. The van der Waals surface area contributed by atoms with Crippen LogP contribution in [0.15, 0.2) is 30.6 Å². The average Bonchev–Trinajstić information content (AvgIpc) is 3.38. The quantitative estimate of drug-likeness (QED) is 0.459. The van der Waals surface area contributed by atoms with Crippen molar-refractivity contribution in [1.29, 1.82) is 0 Å². The predicted molar refractivity (Wildman–Crippen MR) is 144 cm³/mol. The number of pyridine rings is 3. The van der Waals surface area contributed by atoms with Gasteiger partial charge in [-0.1, -0.05) is 0 Å². The summed E-state index contributed by atoms with van der Waals surface area (Å²) in [6.07, 6.45) is 2.88. The van der Waals surface area contributed by atoms with E-state index in [1.165, 1.54) is 0 Å². The third kappa shape index (κ3) is 5.61. The van der Waals surface area contributed by atoms with E-state index in [2.05, 4.69) is 30.5 Å². The molecule has 2 fully saturated rings. The molecule has 0 spiro atoms. The first kappa shape index (κ1) is 25.6. The van der Waals surface area contributed by atoms with Crippen molar-refractivity contribution < 1.29 is 18.7 Å². The largest absolute Gasteiger partial charge is 0.444 e. The van der Waals surface area contributed by atoms with Crippen molar-refractivity contribution in [3.05, 3.63) is 36.2 Å². The third-order valence-electron chi connectivity index (χ3n) is 6.65. The number of aromatic nitrogens is 3. The molecule has 2 amide bonds. The summed E-state index contributed by atoms with van der Waals surface area (Å²) in [7, 11) is 0. The number of alkyl carbamates (subject to hydrolysis) is 1. The molecule has 1 saturated heterocycles. The highest BCUT2D eigenvalue weighted by Crippen LogP contribution is 2.35. The minimum Gasteiger partial charge on any atom is -0.444 e. The van der Waals surface area contributed by atoms with E-state index < -0.39 is 23.8 Å². The Labute approximate surface area is 220 Å². The van der Waals surface area contributed by atoms with E-state index in [4.69, 9.17) is 10.5 Å². The molecule has 4 heterocycles. The second kappa shape index (κ2) is 9.70. The standard InChI is InChI=1S/C27H32FN7O3/c1-14-7-23(35-6-5-16(13-35)32-26(37)38-27(2,3)4)31-11-18(14)21-8-15-9-22(30-12-19(15)24(29)33-21)34-25(36)17-10-20(17)28/h7-9,11-12,16-17,20H,5-6,10,13H2,1-4H3,(H2,29,33)(H,32,37)(H,30,34,36)/t16-,17-,20+/m0/s1. The van der Waals surface area contributed by atoms with Crippen molar-refractivity contribution in [2.45, 2.75) is 58.4 Å². The van der Waals surface area contributed by atoms with Gasteiger partial charge in [-0.3, -0.25) is 4.79 Å². The summed E-state index contributed by atoms with van der Waals surface area (Å²) in [5.74, 6) is 0.498.